The number of carbonyl (C=O) groups excluding carboxylic acids is 1. The molecule has 1 aliphatic carbocycles. The van der Waals surface area contributed by atoms with E-state index in [9.17, 15) is 4.79 Å². The summed E-state index contributed by atoms with van der Waals surface area (Å²) in [6.07, 6.45) is 6.45. The zero-order chi connectivity index (χ0) is 12.3. The minimum absolute atomic E-state index is 0.196. The predicted molar refractivity (Wildman–Crippen MR) is 66.2 cm³/mol. The van der Waals surface area contributed by atoms with Crippen LogP contribution < -0.4 is 0 Å². The van der Waals surface area contributed by atoms with Crippen LogP contribution in [0.2, 0.25) is 0 Å². The van der Waals surface area contributed by atoms with Gasteiger partial charge in [0.25, 0.3) is 0 Å². The van der Waals surface area contributed by atoms with Crippen LogP contribution in [0.1, 0.15) is 45.4 Å². The van der Waals surface area contributed by atoms with Crippen LogP contribution in [0.3, 0.4) is 0 Å². The van der Waals surface area contributed by atoms with Crippen molar-refractivity contribution in [2.45, 2.75) is 45.4 Å². The van der Waals surface area contributed by atoms with Crippen molar-refractivity contribution < 1.29 is 10.0 Å². The molecule has 1 unspecified atom stereocenters. The lowest BCUT2D eigenvalue weighted by Gasteiger charge is -2.32. The Labute approximate surface area is 103 Å². The van der Waals surface area contributed by atoms with E-state index in [2.05, 4.69) is 5.16 Å². The summed E-state index contributed by atoms with van der Waals surface area (Å²) >= 11 is 0. The Morgan fingerprint density at radius 2 is 2.18 bits per heavy atom. The highest BCUT2D eigenvalue weighted by atomic mass is 16.4. The minimum Gasteiger partial charge on any atom is -0.411 e. The number of oxime groups is 1. The molecule has 96 valence electrons. The van der Waals surface area contributed by atoms with Crippen molar-refractivity contribution in [2.24, 2.45) is 17.0 Å². The molecule has 0 bridgehead atoms. The standard InChI is InChI=1S/C13H22N2O2/c1-10-9-15(7-6-12(10)14-17)13(16)8-11-4-2-3-5-11/h10-11,17H,2-9H2,1H3. The van der Waals surface area contributed by atoms with Gasteiger partial charge >= 0.3 is 0 Å². The Morgan fingerprint density at radius 3 is 2.76 bits per heavy atom. The highest BCUT2D eigenvalue weighted by Gasteiger charge is 2.27. The number of rotatable bonds is 2. The molecule has 1 saturated carbocycles. The fourth-order valence-corrected chi connectivity index (χ4v) is 2.99. The van der Waals surface area contributed by atoms with Crippen LogP contribution in [0, 0.1) is 11.8 Å². The second kappa shape index (κ2) is 5.52. The molecule has 17 heavy (non-hydrogen) atoms. The second-order valence-electron chi connectivity index (χ2n) is 5.44. The Hall–Kier alpha value is -1.06. The van der Waals surface area contributed by atoms with E-state index in [0.717, 1.165) is 18.7 Å². The molecule has 0 aromatic carbocycles. The van der Waals surface area contributed by atoms with Gasteiger partial charge in [-0.2, -0.15) is 0 Å². The van der Waals surface area contributed by atoms with Crippen molar-refractivity contribution >= 4 is 11.6 Å². The Kier molecular flexibility index (Phi) is 4.02. The summed E-state index contributed by atoms with van der Waals surface area (Å²) in [4.78, 5) is 14.1. The molecule has 4 nitrogen and oxygen atoms in total. The maximum absolute atomic E-state index is 12.1. The summed E-state index contributed by atoms with van der Waals surface area (Å²) in [7, 11) is 0. The van der Waals surface area contributed by atoms with Crippen LogP contribution in [0.5, 0.6) is 0 Å². The Balaban J connectivity index is 1.84. The maximum atomic E-state index is 12.1. The zero-order valence-corrected chi connectivity index (χ0v) is 10.6. The number of piperidine rings is 1. The normalized spacial score (nSPS) is 28.9. The molecular formula is C13H22N2O2. The summed E-state index contributed by atoms with van der Waals surface area (Å²) in [5, 5.41) is 12.1. The number of nitrogens with zero attached hydrogens (tertiary/aromatic N) is 2. The molecule has 0 aromatic heterocycles. The van der Waals surface area contributed by atoms with Crippen LogP contribution in [-0.2, 0) is 4.79 Å². The molecule has 0 spiro atoms. The average molecular weight is 238 g/mol. The minimum atomic E-state index is 0.196. The molecule has 2 fully saturated rings. The molecule has 4 heteroatoms. The molecular weight excluding hydrogens is 216 g/mol. The number of hydrogen-bond donors (Lipinski definition) is 1. The van der Waals surface area contributed by atoms with Gasteiger partial charge in [0, 0.05) is 31.8 Å². The van der Waals surface area contributed by atoms with E-state index in [1.54, 1.807) is 0 Å². The molecule has 0 aromatic rings. The summed E-state index contributed by atoms with van der Waals surface area (Å²) in [6, 6.07) is 0. The molecule has 2 aliphatic rings. The quantitative estimate of drug-likeness (QED) is 0.592. The smallest absolute Gasteiger partial charge is 0.222 e. The molecule has 1 heterocycles. The van der Waals surface area contributed by atoms with Gasteiger partial charge < -0.3 is 10.1 Å². The third-order valence-electron chi connectivity index (χ3n) is 4.12. The topological polar surface area (TPSA) is 52.9 Å². The maximum Gasteiger partial charge on any atom is 0.222 e. The van der Waals surface area contributed by atoms with Crippen molar-refractivity contribution in [3.8, 4) is 0 Å². The van der Waals surface area contributed by atoms with Gasteiger partial charge in [0.15, 0.2) is 0 Å². The van der Waals surface area contributed by atoms with Gasteiger partial charge in [0.05, 0.1) is 5.71 Å². The van der Waals surface area contributed by atoms with Gasteiger partial charge in [-0.05, 0) is 18.8 Å². The van der Waals surface area contributed by atoms with E-state index in [0.29, 0.717) is 24.8 Å². The molecule has 0 radical (unpaired) electrons. The van der Waals surface area contributed by atoms with Crippen LogP contribution in [0.4, 0.5) is 0 Å². The van der Waals surface area contributed by atoms with Gasteiger partial charge in [0.2, 0.25) is 5.91 Å². The first kappa shape index (κ1) is 12.4. The summed E-state index contributed by atoms with van der Waals surface area (Å²) in [5.74, 6) is 1.10. The number of amides is 1. The lowest BCUT2D eigenvalue weighted by Crippen LogP contribution is -2.43. The predicted octanol–water partition coefficient (Wildman–Crippen LogP) is 2.27. The molecule has 1 saturated heterocycles. The number of hydrogen-bond acceptors (Lipinski definition) is 3. The Bertz CT molecular complexity index is 309. The van der Waals surface area contributed by atoms with E-state index in [1.165, 1.54) is 25.7 Å². The van der Waals surface area contributed by atoms with Gasteiger partial charge in [-0.1, -0.05) is 24.9 Å². The molecule has 1 atom stereocenters. The third-order valence-corrected chi connectivity index (χ3v) is 4.12. The fraction of sp³-hybridized carbons (Fsp3) is 0.846. The first-order valence-electron chi connectivity index (χ1n) is 6.69. The van der Waals surface area contributed by atoms with Crippen LogP contribution >= 0.6 is 0 Å². The van der Waals surface area contributed by atoms with Crippen LogP contribution in [0.25, 0.3) is 0 Å². The molecule has 1 N–H and O–H groups in total. The second-order valence-corrected chi connectivity index (χ2v) is 5.44. The lowest BCUT2D eigenvalue weighted by molar-refractivity contribution is -0.132. The van der Waals surface area contributed by atoms with Crippen molar-refractivity contribution in [3.05, 3.63) is 0 Å². The van der Waals surface area contributed by atoms with E-state index >= 15 is 0 Å². The first-order chi connectivity index (χ1) is 8.20. The first-order valence-corrected chi connectivity index (χ1v) is 6.69. The van der Waals surface area contributed by atoms with Crippen LogP contribution in [-0.4, -0.2) is 34.8 Å². The van der Waals surface area contributed by atoms with Gasteiger partial charge in [-0.3, -0.25) is 4.79 Å². The van der Waals surface area contributed by atoms with Crippen molar-refractivity contribution in [1.29, 1.82) is 0 Å². The van der Waals surface area contributed by atoms with E-state index < -0.39 is 0 Å². The van der Waals surface area contributed by atoms with Gasteiger partial charge in [-0.25, -0.2) is 0 Å². The Morgan fingerprint density at radius 1 is 1.47 bits per heavy atom. The SMILES string of the molecule is CC1CN(C(=O)CC2CCCC2)CCC1=NO. The van der Waals surface area contributed by atoms with Crippen molar-refractivity contribution in [1.82, 2.24) is 4.90 Å². The average Bonchev–Trinajstić information content (AvgIpc) is 2.81. The monoisotopic (exact) mass is 238 g/mol. The summed E-state index contributed by atoms with van der Waals surface area (Å²) < 4.78 is 0. The molecule has 2 rings (SSSR count). The van der Waals surface area contributed by atoms with Crippen molar-refractivity contribution in [2.75, 3.05) is 13.1 Å². The zero-order valence-electron chi connectivity index (χ0n) is 10.6. The summed E-state index contributed by atoms with van der Waals surface area (Å²) in [6.45, 7) is 3.45. The number of likely N-dealkylation sites (tertiary alicyclic amines) is 1. The highest BCUT2D eigenvalue weighted by molar-refractivity contribution is 5.89. The van der Waals surface area contributed by atoms with E-state index in [1.807, 2.05) is 11.8 Å². The lowest BCUT2D eigenvalue weighted by atomic mass is 9.96. The molecule has 1 aliphatic heterocycles. The number of carbonyl (C=O) groups is 1. The van der Waals surface area contributed by atoms with E-state index in [4.69, 9.17) is 5.21 Å². The van der Waals surface area contributed by atoms with Crippen molar-refractivity contribution in [3.63, 3.8) is 0 Å². The van der Waals surface area contributed by atoms with E-state index in [-0.39, 0.29) is 5.92 Å². The van der Waals surface area contributed by atoms with Crippen LogP contribution in [0.15, 0.2) is 5.16 Å². The van der Waals surface area contributed by atoms with Gasteiger partial charge in [0.1, 0.15) is 0 Å². The largest absolute Gasteiger partial charge is 0.411 e. The highest BCUT2D eigenvalue weighted by Crippen LogP contribution is 2.28. The van der Waals surface area contributed by atoms with Gasteiger partial charge in [-0.15, -0.1) is 0 Å². The fourth-order valence-electron chi connectivity index (χ4n) is 2.99. The molecule has 1 amide bonds. The summed E-state index contributed by atoms with van der Waals surface area (Å²) in [5.41, 5.74) is 0.829. The third kappa shape index (κ3) is 2.99.